The van der Waals surface area contributed by atoms with Crippen LogP contribution in [0.3, 0.4) is 0 Å². The van der Waals surface area contributed by atoms with Gasteiger partial charge in [0.15, 0.2) is 0 Å². The third-order valence-electron chi connectivity index (χ3n) is 2.45. The van der Waals surface area contributed by atoms with Gasteiger partial charge in [-0.3, -0.25) is 9.48 Å². The SMILES string of the molecule is Cn1nccc1NC(=O)C1CCCN1. The molecule has 1 aromatic heterocycles. The number of hydrogen-bond donors (Lipinski definition) is 2. The van der Waals surface area contributed by atoms with Gasteiger partial charge in [0.25, 0.3) is 0 Å². The van der Waals surface area contributed by atoms with E-state index in [4.69, 9.17) is 0 Å². The molecule has 0 aromatic carbocycles. The maximum Gasteiger partial charge on any atom is 0.242 e. The summed E-state index contributed by atoms with van der Waals surface area (Å²) in [6.07, 6.45) is 3.66. The molecule has 76 valence electrons. The number of anilines is 1. The number of nitrogens with one attached hydrogen (secondary N) is 2. The van der Waals surface area contributed by atoms with Crippen LogP contribution in [0.25, 0.3) is 0 Å². The van der Waals surface area contributed by atoms with Gasteiger partial charge in [-0.1, -0.05) is 0 Å². The molecule has 5 heteroatoms. The summed E-state index contributed by atoms with van der Waals surface area (Å²) in [7, 11) is 1.80. The Kier molecular flexibility index (Phi) is 2.49. The second kappa shape index (κ2) is 3.79. The molecule has 1 saturated heterocycles. The summed E-state index contributed by atoms with van der Waals surface area (Å²) in [5.74, 6) is 0.773. The van der Waals surface area contributed by atoms with Crippen LogP contribution in [-0.2, 0) is 11.8 Å². The summed E-state index contributed by atoms with van der Waals surface area (Å²) in [5, 5.41) is 9.96. The first-order chi connectivity index (χ1) is 6.77. The van der Waals surface area contributed by atoms with Crippen LogP contribution in [0.15, 0.2) is 12.3 Å². The summed E-state index contributed by atoms with van der Waals surface area (Å²) in [6, 6.07) is 1.75. The molecule has 2 rings (SSSR count). The quantitative estimate of drug-likeness (QED) is 0.702. The second-order valence-electron chi connectivity index (χ2n) is 3.48. The van der Waals surface area contributed by atoms with Gasteiger partial charge in [-0.25, -0.2) is 0 Å². The normalized spacial score (nSPS) is 21.1. The molecule has 0 spiro atoms. The Balaban J connectivity index is 1.97. The van der Waals surface area contributed by atoms with E-state index in [1.807, 2.05) is 0 Å². The Labute approximate surface area is 82.5 Å². The maximum absolute atomic E-state index is 11.7. The van der Waals surface area contributed by atoms with Crippen LogP contribution in [0.1, 0.15) is 12.8 Å². The van der Waals surface area contributed by atoms with Crippen molar-refractivity contribution in [3.8, 4) is 0 Å². The topological polar surface area (TPSA) is 59.0 Å². The van der Waals surface area contributed by atoms with Crippen LogP contribution in [-0.4, -0.2) is 28.3 Å². The smallest absolute Gasteiger partial charge is 0.242 e. The molecule has 14 heavy (non-hydrogen) atoms. The molecule has 5 nitrogen and oxygen atoms in total. The molecule has 1 aromatic rings. The highest BCUT2D eigenvalue weighted by atomic mass is 16.2. The molecule has 2 N–H and O–H groups in total. The van der Waals surface area contributed by atoms with Crippen LogP contribution in [0.2, 0.25) is 0 Å². The van der Waals surface area contributed by atoms with Crippen molar-refractivity contribution in [3.05, 3.63) is 12.3 Å². The molecule has 0 saturated carbocycles. The molecule has 2 heterocycles. The van der Waals surface area contributed by atoms with E-state index in [2.05, 4.69) is 15.7 Å². The maximum atomic E-state index is 11.7. The van der Waals surface area contributed by atoms with Crippen LogP contribution in [0.4, 0.5) is 5.82 Å². The van der Waals surface area contributed by atoms with Crippen LogP contribution in [0.5, 0.6) is 0 Å². The zero-order valence-corrected chi connectivity index (χ0v) is 8.16. The van der Waals surface area contributed by atoms with Gasteiger partial charge in [0.2, 0.25) is 5.91 Å². The number of aryl methyl sites for hydroxylation is 1. The molecule has 1 amide bonds. The van der Waals surface area contributed by atoms with Crippen molar-refractivity contribution >= 4 is 11.7 Å². The monoisotopic (exact) mass is 194 g/mol. The molecule has 1 aliphatic heterocycles. The van der Waals surface area contributed by atoms with E-state index in [1.54, 1.807) is 24.0 Å². The highest BCUT2D eigenvalue weighted by molar-refractivity contribution is 5.94. The van der Waals surface area contributed by atoms with Gasteiger partial charge < -0.3 is 10.6 Å². The van der Waals surface area contributed by atoms with Crippen LogP contribution in [0, 0.1) is 0 Å². The average molecular weight is 194 g/mol. The van der Waals surface area contributed by atoms with Gasteiger partial charge in [-0.05, 0) is 19.4 Å². The van der Waals surface area contributed by atoms with Crippen molar-refractivity contribution < 1.29 is 4.79 Å². The number of carbonyl (C=O) groups excluding carboxylic acids is 1. The lowest BCUT2D eigenvalue weighted by Crippen LogP contribution is -2.35. The standard InChI is InChI=1S/C9H14N4O/c1-13-8(4-6-11-13)12-9(14)7-3-2-5-10-7/h4,6-7,10H,2-3,5H2,1H3,(H,12,14). The number of aromatic nitrogens is 2. The van der Waals surface area contributed by atoms with Crippen molar-refractivity contribution in [2.24, 2.45) is 7.05 Å². The zero-order valence-electron chi connectivity index (χ0n) is 8.16. The number of carbonyl (C=O) groups is 1. The van der Waals surface area contributed by atoms with Gasteiger partial charge in [0.05, 0.1) is 12.2 Å². The van der Waals surface area contributed by atoms with Crippen LogP contribution < -0.4 is 10.6 Å². The minimum Gasteiger partial charge on any atom is -0.310 e. The molecule has 1 fully saturated rings. The van der Waals surface area contributed by atoms with Gasteiger partial charge >= 0.3 is 0 Å². The highest BCUT2D eigenvalue weighted by Gasteiger charge is 2.22. The molecular formula is C9H14N4O. The Hall–Kier alpha value is -1.36. The first kappa shape index (κ1) is 9.21. The van der Waals surface area contributed by atoms with E-state index in [0.717, 1.165) is 25.2 Å². The van der Waals surface area contributed by atoms with Crippen LogP contribution >= 0.6 is 0 Å². The largest absolute Gasteiger partial charge is 0.310 e. The second-order valence-corrected chi connectivity index (χ2v) is 3.48. The summed E-state index contributed by atoms with van der Waals surface area (Å²) >= 11 is 0. The Morgan fingerprint density at radius 3 is 3.21 bits per heavy atom. The number of rotatable bonds is 2. The number of hydrogen-bond acceptors (Lipinski definition) is 3. The molecule has 1 unspecified atom stereocenters. The predicted molar refractivity (Wildman–Crippen MR) is 52.9 cm³/mol. The molecule has 0 bridgehead atoms. The van der Waals surface area contributed by atoms with E-state index in [9.17, 15) is 4.79 Å². The Morgan fingerprint density at radius 1 is 1.79 bits per heavy atom. The van der Waals surface area contributed by atoms with E-state index >= 15 is 0 Å². The van der Waals surface area contributed by atoms with Crippen molar-refractivity contribution in [1.29, 1.82) is 0 Å². The fraction of sp³-hybridized carbons (Fsp3) is 0.556. The summed E-state index contributed by atoms with van der Waals surface area (Å²) in [6.45, 7) is 0.934. The van der Waals surface area contributed by atoms with Crippen molar-refractivity contribution in [2.75, 3.05) is 11.9 Å². The van der Waals surface area contributed by atoms with Gasteiger partial charge in [-0.15, -0.1) is 0 Å². The summed E-state index contributed by atoms with van der Waals surface area (Å²) in [5.41, 5.74) is 0. The molecule has 0 aliphatic carbocycles. The van der Waals surface area contributed by atoms with Crippen molar-refractivity contribution in [2.45, 2.75) is 18.9 Å². The Bertz CT molecular complexity index is 327. The van der Waals surface area contributed by atoms with Crippen molar-refractivity contribution in [1.82, 2.24) is 15.1 Å². The van der Waals surface area contributed by atoms with Gasteiger partial charge in [-0.2, -0.15) is 5.10 Å². The van der Waals surface area contributed by atoms with E-state index in [-0.39, 0.29) is 11.9 Å². The molecule has 0 radical (unpaired) electrons. The van der Waals surface area contributed by atoms with Crippen molar-refractivity contribution in [3.63, 3.8) is 0 Å². The summed E-state index contributed by atoms with van der Waals surface area (Å²) < 4.78 is 1.65. The number of amides is 1. The lowest BCUT2D eigenvalue weighted by molar-refractivity contribution is -0.117. The minimum atomic E-state index is -0.0371. The number of nitrogens with zero attached hydrogens (tertiary/aromatic N) is 2. The highest BCUT2D eigenvalue weighted by Crippen LogP contribution is 2.09. The van der Waals surface area contributed by atoms with Gasteiger partial charge in [0.1, 0.15) is 5.82 Å². The lowest BCUT2D eigenvalue weighted by atomic mass is 10.2. The van der Waals surface area contributed by atoms with E-state index in [1.165, 1.54) is 0 Å². The van der Waals surface area contributed by atoms with E-state index < -0.39 is 0 Å². The Morgan fingerprint density at radius 2 is 2.64 bits per heavy atom. The molecule has 1 aliphatic rings. The minimum absolute atomic E-state index is 0.0334. The molecular weight excluding hydrogens is 180 g/mol. The first-order valence-electron chi connectivity index (χ1n) is 4.79. The zero-order chi connectivity index (χ0) is 9.97. The third kappa shape index (κ3) is 1.77. The fourth-order valence-corrected chi connectivity index (χ4v) is 1.62. The van der Waals surface area contributed by atoms with E-state index in [0.29, 0.717) is 0 Å². The first-order valence-corrected chi connectivity index (χ1v) is 4.79. The third-order valence-corrected chi connectivity index (χ3v) is 2.45. The predicted octanol–water partition coefficient (Wildman–Crippen LogP) is 0.111. The molecule has 1 atom stereocenters. The lowest BCUT2D eigenvalue weighted by Gasteiger charge is -2.10. The van der Waals surface area contributed by atoms with Gasteiger partial charge in [0, 0.05) is 13.1 Å². The fourth-order valence-electron chi connectivity index (χ4n) is 1.62. The summed E-state index contributed by atoms with van der Waals surface area (Å²) in [4.78, 5) is 11.7. The average Bonchev–Trinajstić information content (AvgIpc) is 2.77.